The van der Waals surface area contributed by atoms with Gasteiger partial charge in [0, 0.05) is 76.9 Å². The van der Waals surface area contributed by atoms with Crippen molar-refractivity contribution >= 4 is 43.9 Å². The highest BCUT2D eigenvalue weighted by atomic mass is 16.6. The maximum Gasteiger partial charge on any atom is 0.197 e. The van der Waals surface area contributed by atoms with E-state index in [1.807, 2.05) is 0 Å². The third-order valence-electron chi connectivity index (χ3n) is 22.0. The molecule has 10 heterocycles. The average molecular weight is 1740 g/mol. The first-order valence-corrected chi connectivity index (χ1v) is 37.7. The number of aliphatic hydroxyl groups excluding tert-OH is 14. The van der Waals surface area contributed by atoms with Crippen molar-refractivity contribution in [2.75, 3.05) is 26.4 Å². The van der Waals surface area contributed by atoms with Crippen molar-refractivity contribution < 1.29 is 184 Å². The number of fused-ring (bicyclic) bond motifs is 12. The highest BCUT2D eigenvalue weighted by molar-refractivity contribution is 5.94. The highest BCUT2D eigenvalue weighted by Gasteiger charge is 2.55. The fourth-order valence-corrected chi connectivity index (χ4v) is 15.7. The second-order valence-electron chi connectivity index (χ2n) is 29.9. The normalized spacial score (nSPS) is 26.5. The standard InChI is InChI=1S/2C21H20O11.C21H18O10.C21H18O9/c22-6-14-17(28)18(29)19(30)21(32-14)16-11(26)4-10(25)15-12(27)5-13(31-20(15)16)7-1-8(23)3-9(24)2-7;22-6-14-17(28)18(29)19(30)21(32-14)16-11(26)4-10(25)15-12(27)5-13(31-20(15)16)7-1-2-8(23)9(24)3-7;22-6-14-17(27)18(28)21-20(31-14)16-13(30-21)5-11(26)15-10(25)4-12(29-19(15)16)7-1-2-8(23)9(24)3-7;22-7-14-17(26)18(27)21-20(30-14)16-13(29-21)6-11(25)15-10(24)5-12(28-19(15)16)8-1-3-9(23)4-2-8/h2*1-5,14,17-19,21-26,28-30H,6H2;1-5,14,17-18,20-24,26-28H,6H2;1-6,14,17-18,20-23,25-27H,7H2/t2*14-,17-,18+,19+,21+;2*14-,17-,18+,20+,21+/m1111/s1. The molecule has 0 bridgehead atoms. The third kappa shape index (κ3) is 15.5. The number of hydrogen-bond donors (Lipinski definition) is 27. The Kier molecular flexibility index (Phi) is 23.5. The summed E-state index contributed by atoms with van der Waals surface area (Å²) in [6, 6.07) is 25.4. The Bertz CT molecular complexity index is 6420. The molecule has 0 unspecified atom stereocenters. The molecule has 12 aromatic rings. The van der Waals surface area contributed by atoms with Crippen molar-refractivity contribution in [2.45, 2.75) is 122 Å². The van der Waals surface area contributed by atoms with Gasteiger partial charge in [0.2, 0.25) is 0 Å². The first-order valence-electron chi connectivity index (χ1n) is 37.7. The van der Waals surface area contributed by atoms with Crippen molar-refractivity contribution in [3.05, 3.63) is 191 Å². The van der Waals surface area contributed by atoms with Gasteiger partial charge in [0.05, 0.1) is 48.7 Å². The van der Waals surface area contributed by atoms with Crippen LogP contribution in [0.3, 0.4) is 0 Å². The van der Waals surface area contributed by atoms with E-state index in [-0.39, 0.29) is 135 Å². The Balaban J connectivity index is 0.000000129. The quantitative estimate of drug-likeness (QED) is 0.0845. The number of hydrogen-bond acceptors (Lipinski definition) is 41. The number of aromatic hydroxyl groups is 13. The molecule has 0 radical (unpaired) electrons. The summed E-state index contributed by atoms with van der Waals surface area (Å²) in [5, 5.41) is 269. The molecule has 0 aliphatic carbocycles. The van der Waals surface area contributed by atoms with Gasteiger partial charge in [-0.3, -0.25) is 19.2 Å². The molecule has 41 heteroatoms. The maximum absolute atomic E-state index is 12.8. The van der Waals surface area contributed by atoms with Crippen LogP contribution in [0.4, 0.5) is 0 Å². The Morgan fingerprint density at radius 3 is 0.872 bits per heavy atom. The Labute approximate surface area is 695 Å². The summed E-state index contributed by atoms with van der Waals surface area (Å²) in [6.45, 7) is -2.54. The van der Waals surface area contributed by atoms with Gasteiger partial charge in [0.25, 0.3) is 0 Å². The van der Waals surface area contributed by atoms with E-state index < -0.39 is 222 Å². The summed E-state index contributed by atoms with van der Waals surface area (Å²) < 4.78 is 57.2. The smallest absolute Gasteiger partial charge is 0.197 e. The van der Waals surface area contributed by atoms with Crippen molar-refractivity contribution in [3.63, 3.8) is 0 Å². The number of phenols is 13. The second-order valence-corrected chi connectivity index (χ2v) is 29.9. The van der Waals surface area contributed by atoms with Gasteiger partial charge in [-0.2, -0.15) is 0 Å². The zero-order valence-corrected chi connectivity index (χ0v) is 63.8. The molecule has 0 amide bonds. The van der Waals surface area contributed by atoms with Gasteiger partial charge < -0.3 is 184 Å². The van der Waals surface area contributed by atoms with Crippen LogP contribution in [0.15, 0.2) is 164 Å². The zero-order valence-electron chi connectivity index (χ0n) is 63.8. The summed E-state index contributed by atoms with van der Waals surface area (Å²) in [7, 11) is 0. The van der Waals surface area contributed by atoms with Crippen LogP contribution in [0.2, 0.25) is 0 Å². The van der Waals surface area contributed by atoms with Crippen LogP contribution in [0.5, 0.6) is 86.2 Å². The summed E-state index contributed by atoms with van der Waals surface area (Å²) >= 11 is 0. The number of rotatable bonds is 10. The largest absolute Gasteiger partial charge is 0.508 e. The number of aliphatic hydroxyl groups is 14. The minimum absolute atomic E-state index is 0.0216. The number of phenolic OH excluding ortho intramolecular Hbond substituents is 13. The van der Waals surface area contributed by atoms with Crippen molar-refractivity contribution in [2.24, 2.45) is 0 Å². The van der Waals surface area contributed by atoms with Crippen molar-refractivity contribution in [1.29, 1.82) is 0 Å². The van der Waals surface area contributed by atoms with Gasteiger partial charge in [-0.25, -0.2) is 0 Å². The topological polar surface area (TPSA) is 722 Å². The fraction of sp³-hybridized carbons (Fsp3) is 0.286. The summed E-state index contributed by atoms with van der Waals surface area (Å²) in [5.74, 6) is -5.38. The molecule has 27 N–H and O–H groups in total. The monoisotopic (exact) mass is 1740 g/mol. The van der Waals surface area contributed by atoms with Crippen molar-refractivity contribution in [3.8, 4) is 132 Å². The van der Waals surface area contributed by atoms with Crippen LogP contribution in [0.1, 0.15) is 46.7 Å². The van der Waals surface area contributed by atoms with Gasteiger partial charge in [-0.05, 0) is 72.8 Å². The first kappa shape index (κ1) is 86.8. The van der Waals surface area contributed by atoms with E-state index in [0.29, 0.717) is 11.1 Å². The second kappa shape index (κ2) is 33.8. The van der Waals surface area contributed by atoms with E-state index in [4.69, 9.17) is 46.1 Å². The number of benzene rings is 8. The molecule has 6 aliphatic heterocycles. The molecule has 6 aliphatic rings. The molecular weight excluding hydrogens is 1660 g/mol. The summed E-state index contributed by atoms with van der Waals surface area (Å²) in [4.78, 5) is 51.1. The molecule has 0 saturated carbocycles. The average Bonchev–Trinajstić information content (AvgIpc) is 1.60. The van der Waals surface area contributed by atoms with Crippen LogP contribution in [0, 0.1) is 0 Å². The van der Waals surface area contributed by atoms with Gasteiger partial charge in [0.1, 0.15) is 218 Å². The third-order valence-corrected chi connectivity index (χ3v) is 22.0. The fourth-order valence-electron chi connectivity index (χ4n) is 15.7. The molecule has 0 spiro atoms. The molecular formula is C84H76O41. The maximum atomic E-state index is 12.8. The highest BCUT2D eigenvalue weighted by Crippen LogP contribution is 2.54. The Morgan fingerprint density at radius 1 is 0.240 bits per heavy atom. The Hall–Kier alpha value is -13.1. The first-order chi connectivity index (χ1) is 59.4. The van der Waals surface area contributed by atoms with Crippen LogP contribution < -0.4 is 31.2 Å². The lowest BCUT2D eigenvalue weighted by Crippen LogP contribution is -2.55. The van der Waals surface area contributed by atoms with E-state index in [1.165, 1.54) is 66.7 Å². The lowest BCUT2D eigenvalue weighted by Gasteiger charge is -2.40. The van der Waals surface area contributed by atoms with E-state index in [2.05, 4.69) is 0 Å². The molecule has 125 heavy (non-hydrogen) atoms. The van der Waals surface area contributed by atoms with Gasteiger partial charge >= 0.3 is 0 Å². The molecule has 4 fully saturated rings. The molecule has 41 nitrogen and oxygen atoms in total. The molecule has 18 rings (SSSR count). The van der Waals surface area contributed by atoms with Crippen LogP contribution in [-0.4, -0.2) is 262 Å². The molecule has 20 atom stereocenters. The van der Waals surface area contributed by atoms with Gasteiger partial charge in [-0.1, -0.05) is 0 Å². The molecule has 4 saturated heterocycles. The van der Waals surface area contributed by atoms with Crippen LogP contribution >= 0.6 is 0 Å². The summed E-state index contributed by atoms with van der Waals surface area (Å²) in [5.41, 5.74) is -2.43. The molecule has 4 aromatic heterocycles. The van der Waals surface area contributed by atoms with E-state index in [1.54, 1.807) is 12.1 Å². The zero-order chi connectivity index (χ0) is 89.8. The lowest BCUT2D eigenvalue weighted by molar-refractivity contribution is -0.231. The predicted molar refractivity (Wildman–Crippen MR) is 421 cm³/mol. The molecule has 8 aromatic carbocycles. The van der Waals surface area contributed by atoms with E-state index in [0.717, 1.165) is 48.5 Å². The molecule has 658 valence electrons. The SMILES string of the molecule is O=c1cc(-c2cc(O)cc(O)c2)oc2c([C@@H]3O[C@H](CO)[C@@H](O)[C@H](O)[C@@H]3O)c(O)cc(O)c12.O=c1cc(-c2ccc(O)c(O)c2)oc2c([C@@H]3O[C@H](CO)[C@@H](O)[C@H](O)[C@@H]3O)c(O)cc(O)c12.O=c1cc(-c2ccc(O)c(O)c2)oc2c3c(cc(O)c12)O[C@H]1[C@@H](O)[C@H](O)[C@@H](CO)O[C@@H]31.O=c1cc(-c2ccc(O)cc2)oc2c3c(cc(O)c12)O[C@H]1[C@@H](O)[C@H](O)[C@@H](CO)O[C@@H]31. The van der Waals surface area contributed by atoms with E-state index >= 15 is 0 Å². The summed E-state index contributed by atoms with van der Waals surface area (Å²) in [6.07, 6.45) is -27.8. The minimum Gasteiger partial charge on any atom is -0.508 e. The van der Waals surface area contributed by atoms with Crippen LogP contribution in [-0.2, 0) is 18.9 Å². The van der Waals surface area contributed by atoms with Gasteiger partial charge in [0.15, 0.2) is 79.3 Å². The Morgan fingerprint density at radius 2 is 0.536 bits per heavy atom. The van der Waals surface area contributed by atoms with Crippen molar-refractivity contribution in [1.82, 2.24) is 0 Å². The van der Waals surface area contributed by atoms with Crippen LogP contribution in [0.25, 0.3) is 89.2 Å². The predicted octanol–water partition coefficient (Wildman–Crippen LogP) is 0.873. The minimum atomic E-state index is -1.80. The lowest BCUT2D eigenvalue weighted by atomic mass is 9.89. The van der Waals surface area contributed by atoms with Gasteiger partial charge in [-0.15, -0.1) is 0 Å². The number of ether oxygens (including phenoxy) is 6. The van der Waals surface area contributed by atoms with E-state index in [9.17, 15) is 157 Å².